The number of hydrogen-bond acceptors (Lipinski definition) is 5. The monoisotopic (exact) mass is 388 g/mol. The molecule has 6 nitrogen and oxygen atoms in total. The van der Waals surface area contributed by atoms with Gasteiger partial charge in [-0.3, -0.25) is 4.79 Å². The number of para-hydroxylation sites is 1. The minimum Gasteiger partial charge on any atom is -0.483 e. The molecule has 1 unspecified atom stereocenters. The van der Waals surface area contributed by atoms with Crippen LogP contribution in [0.25, 0.3) is 0 Å². The molecule has 1 aliphatic rings. The Bertz CT molecular complexity index is 729. The fourth-order valence-electron chi connectivity index (χ4n) is 3.41. The van der Waals surface area contributed by atoms with Crippen LogP contribution in [0.1, 0.15) is 57.9 Å². The molecule has 1 aromatic heterocycles. The second-order valence-corrected chi connectivity index (χ2v) is 7.79. The van der Waals surface area contributed by atoms with Gasteiger partial charge in [-0.1, -0.05) is 49.2 Å². The maximum atomic E-state index is 12.3. The summed E-state index contributed by atoms with van der Waals surface area (Å²) in [6, 6.07) is 10.0. The van der Waals surface area contributed by atoms with Crippen LogP contribution in [0, 0.1) is 0 Å². The first-order valence-corrected chi connectivity index (χ1v) is 10.7. The first kappa shape index (κ1) is 19.7. The van der Waals surface area contributed by atoms with Gasteiger partial charge in [0.05, 0.1) is 5.75 Å². The van der Waals surface area contributed by atoms with E-state index in [-0.39, 0.29) is 12.0 Å². The Hall–Kier alpha value is -2.02. The lowest BCUT2D eigenvalue weighted by molar-refractivity contribution is -0.119. The molecule has 2 aromatic rings. The first-order chi connectivity index (χ1) is 13.2. The lowest BCUT2D eigenvalue weighted by Crippen LogP contribution is -2.37. The van der Waals surface area contributed by atoms with E-state index in [2.05, 4.69) is 15.5 Å². The van der Waals surface area contributed by atoms with Crippen molar-refractivity contribution >= 4 is 17.7 Å². The van der Waals surface area contributed by atoms with Gasteiger partial charge in [0, 0.05) is 12.6 Å². The minimum absolute atomic E-state index is 0.0766. The summed E-state index contributed by atoms with van der Waals surface area (Å²) in [7, 11) is 0. The smallest absolute Gasteiger partial charge is 0.230 e. The van der Waals surface area contributed by atoms with Gasteiger partial charge >= 0.3 is 0 Å². The van der Waals surface area contributed by atoms with Crippen LogP contribution in [0.3, 0.4) is 0 Å². The molecular formula is C20H28N4O2S. The summed E-state index contributed by atoms with van der Waals surface area (Å²) in [4.78, 5) is 12.3. The fourth-order valence-corrected chi connectivity index (χ4v) is 4.23. The summed E-state index contributed by atoms with van der Waals surface area (Å²) in [6.07, 6.45) is 5.69. The predicted octanol–water partition coefficient (Wildman–Crippen LogP) is 3.98. The van der Waals surface area contributed by atoms with Crippen molar-refractivity contribution in [3.63, 3.8) is 0 Å². The highest BCUT2D eigenvalue weighted by molar-refractivity contribution is 7.99. The third-order valence-electron chi connectivity index (χ3n) is 4.78. The number of thioether (sulfide) groups is 1. The summed E-state index contributed by atoms with van der Waals surface area (Å²) >= 11 is 1.43. The number of amides is 1. The second-order valence-electron chi connectivity index (χ2n) is 6.85. The highest BCUT2D eigenvalue weighted by Crippen LogP contribution is 2.24. The maximum Gasteiger partial charge on any atom is 0.230 e. The molecular weight excluding hydrogens is 360 g/mol. The molecule has 1 fully saturated rings. The van der Waals surface area contributed by atoms with E-state index >= 15 is 0 Å². The highest BCUT2D eigenvalue weighted by atomic mass is 32.2. The Morgan fingerprint density at radius 2 is 2.00 bits per heavy atom. The lowest BCUT2D eigenvalue weighted by atomic mass is 9.95. The topological polar surface area (TPSA) is 69.0 Å². The Morgan fingerprint density at radius 1 is 1.26 bits per heavy atom. The van der Waals surface area contributed by atoms with Crippen molar-refractivity contribution in [1.29, 1.82) is 0 Å². The maximum absolute atomic E-state index is 12.3. The van der Waals surface area contributed by atoms with Crippen LogP contribution in [0.5, 0.6) is 5.75 Å². The Balaban J connectivity index is 1.57. The van der Waals surface area contributed by atoms with E-state index in [4.69, 9.17) is 4.74 Å². The SMILES string of the molecule is CCn1c(SCC(=O)NC2CCCCC2)nnc1C(C)Oc1ccccc1. The second kappa shape index (κ2) is 9.78. The van der Waals surface area contributed by atoms with Gasteiger partial charge in [0.1, 0.15) is 5.75 Å². The number of aromatic nitrogens is 3. The number of carbonyl (C=O) groups is 1. The molecule has 1 heterocycles. The van der Waals surface area contributed by atoms with Crippen molar-refractivity contribution in [3.05, 3.63) is 36.2 Å². The van der Waals surface area contributed by atoms with E-state index < -0.39 is 0 Å². The van der Waals surface area contributed by atoms with Crippen molar-refractivity contribution in [1.82, 2.24) is 20.1 Å². The summed E-state index contributed by atoms with van der Waals surface area (Å²) in [6.45, 7) is 4.75. The van der Waals surface area contributed by atoms with Crippen LogP contribution in [-0.2, 0) is 11.3 Å². The Labute approximate surface area is 165 Å². The first-order valence-electron chi connectivity index (χ1n) is 9.74. The third kappa shape index (κ3) is 5.48. The number of nitrogens with one attached hydrogen (secondary N) is 1. The van der Waals surface area contributed by atoms with Gasteiger partial charge in [-0.25, -0.2) is 0 Å². The normalized spacial score (nSPS) is 16.1. The Morgan fingerprint density at radius 3 is 2.70 bits per heavy atom. The van der Waals surface area contributed by atoms with Crippen molar-refractivity contribution in [2.75, 3.05) is 5.75 Å². The zero-order valence-corrected chi connectivity index (χ0v) is 16.9. The van der Waals surface area contributed by atoms with E-state index in [1.807, 2.05) is 48.7 Å². The zero-order chi connectivity index (χ0) is 19.1. The molecule has 1 N–H and O–H groups in total. The van der Waals surface area contributed by atoms with E-state index in [0.29, 0.717) is 11.8 Å². The number of benzene rings is 1. The molecule has 1 aromatic carbocycles. The predicted molar refractivity (Wildman–Crippen MR) is 107 cm³/mol. The van der Waals surface area contributed by atoms with Gasteiger partial charge in [-0.2, -0.15) is 0 Å². The standard InChI is InChI=1S/C20H28N4O2S/c1-3-24-19(15(2)26-17-12-8-5-9-13-17)22-23-20(24)27-14-18(25)21-16-10-6-4-7-11-16/h5,8-9,12-13,15-16H,3-4,6-7,10-11,14H2,1-2H3,(H,21,25). The molecule has 7 heteroatoms. The molecule has 1 atom stereocenters. The molecule has 146 valence electrons. The zero-order valence-electron chi connectivity index (χ0n) is 16.1. The van der Waals surface area contributed by atoms with Crippen molar-refractivity contribution < 1.29 is 9.53 Å². The van der Waals surface area contributed by atoms with Crippen LogP contribution >= 0.6 is 11.8 Å². The molecule has 1 amide bonds. The molecule has 1 saturated carbocycles. The number of nitrogens with zero attached hydrogens (tertiary/aromatic N) is 3. The van der Waals surface area contributed by atoms with Crippen LogP contribution < -0.4 is 10.1 Å². The summed E-state index contributed by atoms with van der Waals surface area (Å²) in [5.74, 6) is 2.02. The molecule has 0 saturated heterocycles. The van der Waals surface area contributed by atoms with Crippen LogP contribution in [-0.4, -0.2) is 32.5 Å². The minimum atomic E-state index is -0.217. The van der Waals surface area contributed by atoms with E-state index in [9.17, 15) is 4.79 Å². The van der Waals surface area contributed by atoms with Gasteiger partial charge in [0.25, 0.3) is 0 Å². The largest absolute Gasteiger partial charge is 0.483 e. The number of rotatable bonds is 8. The van der Waals surface area contributed by atoms with Gasteiger partial charge in [0.15, 0.2) is 17.1 Å². The molecule has 1 aliphatic carbocycles. The highest BCUT2D eigenvalue weighted by Gasteiger charge is 2.20. The van der Waals surface area contributed by atoms with Crippen LogP contribution in [0.15, 0.2) is 35.5 Å². The molecule has 27 heavy (non-hydrogen) atoms. The van der Waals surface area contributed by atoms with Gasteiger partial charge in [-0.15, -0.1) is 10.2 Å². The van der Waals surface area contributed by atoms with Crippen LogP contribution in [0.2, 0.25) is 0 Å². The van der Waals surface area contributed by atoms with Gasteiger partial charge < -0.3 is 14.6 Å². The lowest BCUT2D eigenvalue weighted by Gasteiger charge is -2.22. The third-order valence-corrected chi connectivity index (χ3v) is 5.75. The van der Waals surface area contributed by atoms with Crippen molar-refractivity contribution in [3.8, 4) is 5.75 Å². The number of carbonyl (C=O) groups excluding carboxylic acids is 1. The van der Waals surface area contributed by atoms with E-state index in [1.165, 1.54) is 31.0 Å². The van der Waals surface area contributed by atoms with Gasteiger partial charge in [0.2, 0.25) is 5.91 Å². The molecule has 0 radical (unpaired) electrons. The van der Waals surface area contributed by atoms with Crippen LogP contribution in [0.4, 0.5) is 0 Å². The summed E-state index contributed by atoms with van der Waals surface area (Å²) in [5.41, 5.74) is 0. The average molecular weight is 389 g/mol. The van der Waals surface area contributed by atoms with Crippen molar-refractivity contribution in [2.45, 2.75) is 69.8 Å². The number of hydrogen-bond donors (Lipinski definition) is 1. The summed E-state index contributed by atoms with van der Waals surface area (Å²) < 4.78 is 7.99. The average Bonchev–Trinajstić information content (AvgIpc) is 3.11. The van der Waals surface area contributed by atoms with Crippen molar-refractivity contribution in [2.24, 2.45) is 0 Å². The fraction of sp³-hybridized carbons (Fsp3) is 0.550. The quantitative estimate of drug-likeness (QED) is 0.693. The van der Waals surface area contributed by atoms with E-state index in [1.54, 1.807) is 0 Å². The molecule has 0 spiro atoms. The van der Waals surface area contributed by atoms with E-state index in [0.717, 1.165) is 36.1 Å². The van der Waals surface area contributed by atoms with Gasteiger partial charge in [-0.05, 0) is 38.8 Å². The summed E-state index contributed by atoms with van der Waals surface area (Å²) in [5, 5.41) is 12.5. The molecule has 3 rings (SSSR count). The molecule has 0 bridgehead atoms. The number of ether oxygens (including phenoxy) is 1. The Kier molecular flexibility index (Phi) is 7.15. The molecule has 0 aliphatic heterocycles.